The van der Waals surface area contributed by atoms with Gasteiger partial charge in [-0.05, 0) is 55.5 Å². The fourth-order valence-corrected chi connectivity index (χ4v) is 5.49. The van der Waals surface area contributed by atoms with E-state index in [2.05, 4.69) is 5.32 Å². The molecule has 0 fully saturated rings. The number of methoxy groups -OCH3 is 1. The summed E-state index contributed by atoms with van der Waals surface area (Å²) in [4.78, 5) is 13.5. The average molecular weight is 420 g/mol. The van der Waals surface area contributed by atoms with Crippen molar-refractivity contribution >= 4 is 50.7 Å². The fourth-order valence-electron chi connectivity index (χ4n) is 3.33. The second-order valence-corrected chi connectivity index (χ2v) is 9.11. The molecule has 1 N–H and O–H groups in total. The zero-order chi connectivity index (χ0) is 18.6. The normalized spacial score (nSPS) is 13.3. The van der Waals surface area contributed by atoms with Crippen LogP contribution < -0.4 is 5.32 Å². The van der Waals surface area contributed by atoms with E-state index in [9.17, 15) is 0 Å². The number of rotatable bonds is 8. The van der Waals surface area contributed by atoms with Gasteiger partial charge in [0, 0.05) is 35.1 Å². The van der Waals surface area contributed by atoms with E-state index in [1.807, 2.05) is 35.6 Å². The van der Waals surface area contributed by atoms with E-state index in [1.54, 1.807) is 18.9 Å². The number of nitrogens with one attached hydrogen (secondary N) is 1. The highest BCUT2D eigenvalue weighted by atomic mass is 35.5. The van der Waals surface area contributed by atoms with Crippen LogP contribution in [0.2, 0.25) is 5.02 Å². The number of halogens is 1. The highest BCUT2D eigenvalue weighted by molar-refractivity contribution is 7.98. The Morgan fingerprint density at radius 3 is 2.89 bits per heavy atom. The molecule has 27 heavy (non-hydrogen) atoms. The third-order valence-electron chi connectivity index (χ3n) is 4.61. The zero-order valence-electron chi connectivity index (χ0n) is 15.3. The molecule has 0 atom stereocenters. The van der Waals surface area contributed by atoms with E-state index in [1.165, 1.54) is 33.6 Å². The Balaban J connectivity index is 1.58. The monoisotopic (exact) mass is 419 g/mol. The number of thioether (sulfide) groups is 1. The van der Waals surface area contributed by atoms with Crippen molar-refractivity contribution in [1.82, 2.24) is 9.97 Å². The molecule has 0 amide bonds. The van der Waals surface area contributed by atoms with Crippen molar-refractivity contribution < 1.29 is 4.74 Å². The topological polar surface area (TPSA) is 47.0 Å². The minimum absolute atomic E-state index is 0.743. The Bertz CT molecular complexity index is 927. The smallest absolute Gasteiger partial charge is 0.142 e. The van der Waals surface area contributed by atoms with Crippen molar-refractivity contribution in [3.05, 3.63) is 45.6 Å². The van der Waals surface area contributed by atoms with Crippen molar-refractivity contribution in [1.29, 1.82) is 0 Å². The van der Waals surface area contributed by atoms with Crippen LogP contribution in [0, 0.1) is 0 Å². The number of hydrogen-bond donors (Lipinski definition) is 1. The van der Waals surface area contributed by atoms with Crippen molar-refractivity contribution in [2.45, 2.75) is 36.3 Å². The Morgan fingerprint density at radius 1 is 1.22 bits per heavy atom. The zero-order valence-corrected chi connectivity index (χ0v) is 17.6. The van der Waals surface area contributed by atoms with Crippen LogP contribution >= 0.6 is 34.7 Å². The van der Waals surface area contributed by atoms with Gasteiger partial charge in [0.2, 0.25) is 0 Å². The van der Waals surface area contributed by atoms with Crippen LogP contribution in [-0.2, 0) is 23.3 Å². The molecule has 142 valence electrons. The number of anilines is 1. The summed E-state index contributed by atoms with van der Waals surface area (Å²) in [6, 6.07) is 7.91. The molecule has 2 aromatic heterocycles. The van der Waals surface area contributed by atoms with Crippen molar-refractivity contribution in [3.8, 4) is 0 Å². The number of aromatic nitrogens is 2. The van der Waals surface area contributed by atoms with Gasteiger partial charge in [0.25, 0.3) is 0 Å². The van der Waals surface area contributed by atoms with Crippen molar-refractivity contribution in [3.63, 3.8) is 0 Å². The van der Waals surface area contributed by atoms with E-state index >= 15 is 0 Å². The molecule has 1 aliphatic carbocycles. The molecule has 1 aromatic carbocycles. The number of aryl methyl sites for hydroxylation is 2. The highest BCUT2D eigenvalue weighted by Gasteiger charge is 2.22. The minimum Gasteiger partial charge on any atom is -0.385 e. The predicted octanol–water partition coefficient (Wildman–Crippen LogP) is 5.57. The van der Waals surface area contributed by atoms with Gasteiger partial charge in [-0.2, -0.15) is 0 Å². The Morgan fingerprint density at radius 2 is 2.07 bits per heavy atom. The molecule has 0 unspecified atom stereocenters. The molecule has 0 radical (unpaired) electrons. The van der Waals surface area contributed by atoms with Crippen molar-refractivity contribution in [2.75, 3.05) is 25.6 Å². The number of nitrogens with zero attached hydrogens (tertiary/aromatic N) is 2. The summed E-state index contributed by atoms with van der Waals surface area (Å²) in [5, 5.41) is 5.53. The Kier molecular flexibility index (Phi) is 6.18. The number of fused-ring (bicyclic) bond motifs is 3. The van der Waals surface area contributed by atoms with Crippen LogP contribution in [0.25, 0.3) is 10.2 Å². The van der Waals surface area contributed by atoms with Gasteiger partial charge in [-0.25, -0.2) is 9.97 Å². The van der Waals surface area contributed by atoms with E-state index in [0.717, 1.165) is 53.2 Å². The molecule has 0 aliphatic heterocycles. The summed E-state index contributed by atoms with van der Waals surface area (Å²) in [7, 11) is 1.74. The standard InChI is InChI=1S/C20H22ClN3OS2/c1-25-11-3-10-22-19-18-15-4-2-5-16(15)27-20(18)24-17(23-19)12-26-14-8-6-13(21)7-9-14/h6-9H,2-5,10-12H2,1H3,(H,22,23,24). The molecule has 4 nitrogen and oxygen atoms in total. The second-order valence-electron chi connectivity index (χ2n) is 6.54. The first-order valence-electron chi connectivity index (χ1n) is 9.17. The van der Waals surface area contributed by atoms with Crippen LogP contribution in [0.4, 0.5) is 5.82 Å². The third-order valence-corrected chi connectivity index (χ3v) is 7.06. The maximum atomic E-state index is 5.97. The molecule has 0 bridgehead atoms. The van der Waals surface area contributed by atoms with E-state index < -0.39 is 0 Å². The first kappa shape index (κ1) is 19.0. The number of hydrogen-bond acceptors (Lipinski definition) is 6. The van der Waals surface area contributed by atoms with Crippen LogP contribution in [-0.4, -0.2) is 30.2 Å². The lowest BCUT2D eigenvalue weighted by Crippen LogP contribution is -2.08. The van der Waals surface area contributed by atoms with Crippen LogP contribution in [0.1, 0.15) is 29.1 Å². The van der Waals surface area contributed by atoms with E-state index in [-0.39, 0.29) is 0 Å². The van der Waals surface area contributed by atoms with Gasteiger partial charge in [-0.15, -0.1) is 23.1 Å². The van der Waals surface area contributed by atoms with E-state index in [4.69, 9.17) is 26.3 Å². The molecular formula is C20H22ClN3OS2. The van der Waals surface area contributed by atoms with Gasteiger partial charge >= 0.3 is 0 Å². The van der Waals surface area contributed by atoms with Gasteiger partial charge in [0.05, 0.1) is 11.1 Å². The number of thiophene rings is 1. The number of ether oxygens (including phenoxy) is 1. The maximum Gasteiger partial charge on any atom is 0.142 e. The molecule has 0 saturated carbocycles. The van der Waals surface area contributed by atoms with Gasteiger partial charge in [-0.3, -0.25) is 0 Å². The van der Waals surface area contributed by atoms with Gasteiger partial charge in [-0.1, -0.05) is 11.6 Å². The van der Waals surface area contributed by atoms with Gasteiger partial charge in [0.1, 0.15) is 16.5 Å². The number of benzene rings is 1. The summed E-state index contributed by atoms with van der Waals surface area (Å²) in [6.45, 7) is 1.61. The lowest BCUT2D eigenvalue weighted by Gasteiger charge is -2.10. The molecule has 2 heterocycles. The van der Waals surface area contributed by atoms with Crippen LogP contribution in [0.3, 0.4) is 0 Å². The fraction of sp³-hybridized carbons (Fsp3) is 0.400. The largest absolute Gasteiger partial charge is 0.385 e. The Hall–Kier alpha value is -1.34. The third kappa shape index (κ3) is 4.40. The molecule has 0 spiro atoms. The summed E-state index contributed by atoms with van der Waals surface area (Å²) in [5.41, 5.74) is 1.46. The maximum absolute atomic E-state index is 5.97. The summed E-state index contributed by atoms with van der Waals surface area (Å²) in [5.74, 6) is 2.60. The predicted molar refractivity (Wildman–Crippen MR) is 115 cm³/mol. The Labute approximate surface area is 172 Å². The van der Waals surface area contributed by atoms with Crippen LogP contribution in [0.15, 0.2) is 29.2 Å². The lowest BCUT2D eigenvalue weighted by molar-refractivity contribution is 0.198. The highest BCUT2D eigenvalue weighted by Crippen LogP contribution is 2.40. The molecule has 0 saturated heterocycles. The summed E-state index contributed by atoms with van der Waals surface area (Å²) < 4.78 is 5.16. The molecule has 7 heteroatoms. The minimum atomic E-state index is 0.743. The first-order chi connectivity index (χ1) is 13.2. The van der Waals surface area contributed by atoms with Gasteiger partial charge in [0.15, 0.2) is 0 Å². The summed E-state index contributed by atoms with van der Waals surface area (Å²) in [6.07, 6.45) is 4.52. The molecule has 4 rings (SSSR count). The molecule has 1 aliphatic rings. The lowest BCUT2D eigenvalue weighted by atomic mass is 10.2. The quantitative estimate of drug-likeness (QED) is 0.381. The SMILES string of the molecule is COCCCNc1nc(CSc2ccc(Cl)cc2)nc2sc3c(c12)CCC3. The summed E-state index contributed by atoms with van der Waals surface area (Å²) >= 11 is 9.55. The molecule has 3 aromatic rings. The van der Waals surface area contributed by atoms with E-state index in [0.29, 0.717) is 0 Å². The first-order valence-corrected chi connectivity index (χ1v) is 11.3. The van der Waals surface area contributed by atoms with Crippen LogP contribution in [0.5, 0.6) is 0 Å². The van der Waals surface area contributed by atoms with Crippen molar-refractivity contribution in [2.24, 2.45) is 0 Å². The second kappa shape index (κ2) is 8.78. The average Bonchev–Trinajstić information content (AvgIpc) is 3.25. The van der Waals surface area contributed by atoms with Gasteiger partial charge < -0.3 is 10.1 Å². The molecular weight excluding hydrogens is 398 g/mol.